The average Bonchev–Trinajstić information content (AvgIpc) is 3.28. The van der Waals surface area contributed by atoms with Crippen molar-refractivity contribution in [1.82, 2.24) is 19.6 Å². The maximum absolute atomic E-state index is 2.41. The molecule has 2 aliphatic rings. The van der Waals surface area contributed by atoms with Gasteiger partial charge in [-0.3, -0.25) is 0 Å². The predicted octanol–water partition coefficient (Wildman–Crippen LogP) is 4.38. The maximum Gasteiger partial charge on any atom is 0.0897 e. The van der Waals surface area contributed by atoms with Gasteiger partial charge in [0.05, 0.1) is 13.3 Å². The monoisotopic (exact) mass is 354 g/mol. The van der Waals surface area contributed by atoms with Gasteiger partial charge in [0.15, 0.2) is 0 Å². The van der Waals surface area contributed by atoms with E-state index in [1.165, 1.54) is 49.9 Å². The molecule has 0 atom stereocenters. The Morgan fingerprint density at radius 3 is 1.62 bits per heavy atom. The topological polar surface area (TPSA) is 13.0 Å². The molecule has 4 heteroatoms. The molecule has 0 radical (unpaired) electrons. The van der Waals surface area contributed by atoms with Gasteiger partial charge in [0, 0.05) is 51.0 Å². The van der Waals surface area contributed by atoms with Gasteiger partial charge in [-0.05, 0) is 24.0 Å². The lowest BCUT2D eigenvalue weighted by Gasteiger charge is -2.23. The lowest BCUT2D eigenvalue weighted by atomic mass is 10.1. The zero-order valence-electron chi connectivity index (χ0n) is 16.5. The summed E-state index contributed by atoms with van der Waals surface area (Å²) >= 11 is 0. The molecule has 0 bridgehead atoms. The van der Waals surface area contributed by atoms with Crippen LogP contribution in [0.5, 0.6) is 0 Å². The number of rotatable bonds is 10. The molecule has 0 amide bonds. The summed E-state index contributed by atoms with van der Waals surface area (Å²) in [7, 11) is 0. The van der Waals surface area contributed by atoms with Crippen molar-refractivity contribution in [3.05, 3.63) is 60.2 Å². The van der Waals surface area contributed by atoms with E-state index in [0.717, 1.165) is 26.4 Å². The highest BCUT2D eigenvalue weighted by molar-refractivity contribution is 5.24. The van der Waals surface area contributed by atoms with E-state index in [2.05, 4.69) is 82.5 Å². The smallest absolute Gasteiger partial charge is 0.0897 e. The number of unbranched alkanes of at least 4 members (excludes halogenated alkanes) is 2. The Kier molecular flexibility index (Phi) is 6.87. The van der Waals surface area contributed by atoms with Crippen LogP contribution in [-0.4, -0.2) is 46.0 Å². The number of hydrogen-bond donors (Lipinski definition) is 0. The van der Waals surface area contributed by atoms with Crippen LogP contribution in [0.4, 0.5) is 0 Å². The summed E-state index contributed by atoms with van der Waals surface area (Å²) in [6.45, 7) is 10.9. The van der Waals surface area contributed by atoms with Crippen LogP contribution in [0.1, 0.15) is 50.7 Å². The number of benzene rings is 1. The minimum absolute atomic E-state index is 0.991. The molecule has 0 saturated heterocycles. The Labute approximate surface area is 159 Å². The van der Waals surface area contributed by atoms with Crippen LogP contribution in [0.3, 0.4) is 0 Å². The van der Waals surface area contributed by atoms with Crippen LogP contribution in [0.25, 0.3) is 0 Å². The standard InChI is InChI=1S/C22H34N4/c1-3-5-10-23-12-14-25(19-23)17-21-8-7-9-22(16-21)18-26-15-13-24(20-26)11-6-4-2/h7-9,12-16H,3-6,10-11,17-20H2,1-2H3. The van der Waals surface area contributed by atoms with Crippen LogP contribution in [-0.2, 0) is 13.1 Å². The first kappa shape index (κ1) is 18.7. The van der Waals surface area contributed by atoms with Crippen LogP contribution < -0.4 is 0 Å². The molecule has 0 aromatic heterocycles. The van der Waals surface area contributed by atoms with Crippen molar-refractivity contribution >= 4 is 0 Å². The molecule has 2 heterocycles. The second-order valence-electron chi connectivity index (χ2n) is 7.52. The van der Waals surface area contributed by atoms with E-state index < -0.39 is 0 Å². The molecule has 0 fully saturated rings. The van der Waals surface area contributed by atoms with Crippen LogP contribution >= 0.6 is 0 Å². The molecule has 0 N–H and O–H groups in total. The first-order valence-electron chi connectivity index (χ1n) is 10.2. The first-order chi connectivity index (χ1) is 12.8. The van der Waals surface area contributed by atoms with E-state index in [-0.39, 0.29) is 0 Å². The maximum atomic E-state index is 2.41. The van der Waals surface area contributed by atoms with Crippen molar-refractivity contribution in [2.75, 3.05) is 26.4 Å². The Morgan fingerprint density at radius 2 is 1.15 bits per heavy atom. The van der Waals surface area contributed by atoms with Crippen molar-refractivity contribution in [3.63, 3.8) is 0 Å². The summed E-state index contributed by atoms with van der Waals surface area (Å²) in [6.07, 6.45) is 14.0. The van der Waals surface area contributed by atoms with E-state index in [0.29, 0.717) is 0 Å². The molecule has 4 nitrogen and oxygen atoms in total. The van der Waals surface area contributed by atoms with Gasteiger partial charge in [-0.2, -0.15) is 0 Å². The van der Waals surface area contributed by atoms with Gasteiger partial charge < -0.3 is 19.6 Å². The third-order valence-corrected chi connectivity index (χ3v) is 5.06. The summed E-state index contributed by atoms with van der Waals surface area (Å²) in [6, 6.07) is 9.07. The van der Waals surface area contributed by atoms with E-state index in [9.17, 15) is 0 Å². The average molecular weight is 355 g/mol. The highest BCUT2D eigenvalue weighted by Gasteiger charge is 2.14. The van der Waals surface area contributed by atoms with Gasteiger partial charge in [0.1, 0.15) is 0 Å². The molecule has 1 aromatic rings. The van der Waals surface area contributed by atoms with Gasteiger partial charge in [0.25, 0.3) is 0 Å². The van der Waals surface area contributed by atoms with E-state index >= 15 is 0 Å². The zero-order valence-corrected chi connectivity index (χ0v) is 16.5. The third-order valence-electron chi connectivity index (χ3n) is 5.06. The van der Waals surface area contributed by atoms with E-state index in [1.807, 2.05) is 0 Å². The van der Waals surface area contributed by atoms with Crippen LogP contribution in [0.2, 0.25) is 0 Å². The molecule has 0 aliphatic carbocycles. The number of hydrogen-bond acceptors (Lipinski definition) is 4. The van der Waals surface area contributed by atoms with Gasteiger partial charge in [0.2, 0.25) is 0 Å². The second kappa shape index (κ2) is 9.56. The SMILES string of the molecule is CCCCN1C=CN(Cc2cccc(CN3C=CN(CCCC)C3)c2)C1. The molecule has 3 rings (SSSR count). The fourth-order valence-electron chi connectivity index (χ4n) is 3.55. The Balaban J connectivity index is 1.47. The van der Waals surface area contributed by atoms with Gasteiger partial charge >= 0.3 is 0 Å². The summed E-state index contributed by atoms with van der Waals surface area (Å²) < 4.78 is 0. The van der Waals surface area contributed by atoms with Crippen molar-refractivity contribution in [1.29, 1.82) is 0 Å². The minimum atomic E-state index is 0.991. The molecular weight excluding hydrogens is 320 g/mol. The Morgan fingerprint density at radius 1 is 0.692 bits per heavy atom. The van der Waals surface area contributed by atoms with E-state index in [4.69, 9.17) is 0 Å². The van der Waals surface area contributed by atoms with E-state index in [1.54, 1.807) is 0 Å². The third kappa shape index (κ3) is 5.45. The molecule has 0 spiro atoms. The summed E-state index contributed by atoms with van der Waals surface area (Å²) in [5.41, 5.74) is 2.80. The van der Waals surface area contributed by atoms with Gasteiger partial charge in [-0.15, -0.1) is 0 Å². The Hall–Kier alpha value is -2.10. The first-order valence-corrected chi connectivity index (χ1v) is 10.2. The molecule has 142 valence electrons. The van der Waals surface area contributed by atoms with Crippen molar-refractivity contribution in [3.8, 4) is 0 Å². The highest BCUT2D eigenvalue weighted by atomic mass is 15.3. The lowest BCUT2D eigenvalue weighted by molar-refractivity contribution is 0.255. The largest absolute Gasteiger partial charge is 0.359 e. The van der Waals surface area contributed by atoms with Crippen LogP contribution in [0.15, 0.2) is 49.1 Å². The zero-order chi connectivity index (χ0) is 18.2. The second-order valence-corrected chi connectivity index (χ2v) is 7.52. The Bertz CT molecular complexity index is 561. The minimum Gasteiger partial charge on any atom is -0.359 e. The highest BCUT2D eigenvalue weighted by Crippen LogP contribution is 2.17. The van der Waals surface area contributed by atoms with Crippen LogP contribution in [0, 0.1) is 0 Å². The molecule has 26 heavy (non-hydrogen) atoms. The molecule has 0 unspecified atom stereocenters. The van der Waals surface area contributed by atoms with Gasteiger partial charge in [-0.1, -0.05) is 51.0 Å². The summed E-state index contributed by atoms with van der Waals surface area (Å²) in [5.74, 6) is 0. The van der Waals surface area contributed by atoms with Crippen molar-refractivity contribution in [2.24, 2.45) is 0 Å². The molecular formula is C22H34N4. The quantitative estimate of drug-likeness (QED) is 0.618. The number of nitrogens with zero attached hydrogens (tertiary/aromatic N) is 4. The summed E-state index contributed by atoms with van der Waals surface area (Å²) in [5, 5.41) is 0. The van der Waals surface area contributed by atoms with Crippen molar-refractivity contribution in [2.45, 2.75) is 52.6 Å². The fourth-order valence-corrected chi connectivity index (χ4v) is 3.55. The predicted molar refractivity (Wildman–Crippen MR) is 109 cm³/mol. The molecule has 2 aliphatic heterocycles. The normalized spacial score (nSPS) is 16.4. The van der Waals surface area contributed by atoms with Crippen molar-refractivity contribution < 1.29 is 0 Å². The lowest BCUT2D eigenvalue weighted by Crippen LogP contribution is -2.26. The molecule has 1 aromatic carbocycles. The van der Waals surface area contributed by atoms with Gasteiger partial charge in [-0.25, -0.2) is 0 Å². The fraction of sp³-hybridized carbons (Fsp3) is 0.545. The molecule has 0 saturated carbocycles. The summed E-state index contributed by atoms with van der Waals surface area (Å²) in [4.78, 5) is 9.62.